The fourth-order valence-electron chi connectivity index (χ4n) is 2.24. The van der Waals surface area contributed by atoms with Crippen LogP contribution in [0.2, 0.25) is 0 Å². The third kappa shape index (κ3) is 3.10. The maximum absolute atomic E-state index is 12.0. The zero-order valence-corrected chi connectivity index (χ0v) is 12.1. The van der Waals surface area contributed by atoms with Gasteiger partial charge in [0, 0.05) is 23.7 Å². The van der Waals surface area contributed by atoms with Gasteiger partial charge in [0.05, 0.1) is 5.41 Å². The number of benzene rings is 1. The van der Waals surface area contributed by atoms with E-state index in [1.165, 1.54) is 0 Å². The van der Waals surface area contributed by atoms with E-state index in [9.17, 15) is 14.4 Å². The van der Waals surface area contributed by atoms with Gasteiger partial charge in [-0.05, 0) is 49.9 Å². The molecule has 2 amide bonds. The van der Waals surface area contributed by atoms with E-state index in [1.54, 1.807) is 24.3 Å². The molecule has 2 aliphatic rings. The molecule has 0 aliphatic heterocycles. The van der Waals surface area contributed by atoms with Gasteiger partial charge in [-0.15, -0.1) is 0 Å². The smallest absolute Gasteiger partial charge is 0.311 e. The first-order valence-electron chi connectivity index (χ1n) is 7.43. The molecule has 1 aromatic rings. The summed E-state index contributed by atoms with van der Waals surface area (Å²) in [5.74, 6) is -1.31. The molecular formula is C16H18N2O4. The summed E-state index contributed by atoms with van der Waals surface area (Å²) >= 11 is 0. The van der Waals surface area contributed by atoms with Crippen LogP contribution in [0.25, 0.3) is 0 Å². The van der Waals surface area contributed by atoms with E-state index in [-0.39, 0.29) is 18.4 Å². The zero-order chi connectivity index (χ0) is 15.7. The van der Waals surface area contributed by atoms with Crippen LogP contribution >= 0.6 is 0 Å². The van der Waals surface area contributed by atoms with E-state index >= 15 is 0 Å². The van der Waals surface area contributed by atoms with Crippen molar-refractivity contribution in [1.82, 2.24) is 10.6 Å². The SMILES string of the molecule is O=C(NCC1(C(=O)O)CC1)c1ccc(C(=O)NC2CC2)cc1. The minimum atomic E-state index is -0.861. The Balaban J connectivity index is 1.56. The highest BCUT2D eigenvalue weighted by atomic mass is 16.4. The Morgan fingerprint density at radius 1 is 1.05 bits per heavy atom. The lowest BCUT2D eigenvalue weighted by atomic mass is 10.1. The molecule has 0 radical (unpaired) electrons. The van der Waals surface area contributed by atoms with Crippen LogP contribution < -0.4 is 10.6 Å². The molecule has 3 N–H and O–H groups in total. The van der Waals surface area contributed by atoms with Gasteiger partial charge >= 0.3 is 5.97 Å². The van der Waals surface area contributed by atoms with Crippen LogP contribution in [0.1, 0.15) is 46.4 Å². The third-order valence-electron chi connectivity index (χ3n) is 4.22. The number of carboxylic acids is 1. The molecular weight excluding hydrogens is 284 g/mol. The fourth-order valence-corrected chi connectivity index (χ4v) is 2.24. The van der Waals surface area contributed by atoms with E-state index < -0.39 is 11.4 Å². The molecule has 3 rings (SSSR count). The molecule has 6 nitrogen and oxygen atoms in total. The highest BCUT2D eigenvalue weighted by molar-refractivity contribution is 5.98. The molecule has 2 fully saturated rings. The lowest BCUT2D eigenvalue weighted by Crippen LogP contribution is -2.34. The molecule has 0 heterocycles. The number of carbonyl (C=O) groups excluding carboxylic acids is 2. The van der Waals surface area contributed by atoms with Gasteiger partial charge in [-0.25, -0.2) is 0 Å². The van der Waals surface area contributed by atoms with Crippen molar-refractivity contribution in [2.75, 3.05) is 6.54 Å². The number of rotatable bonds is 6. The lowest BCUT2D eigenvalue weighted by Gasteiger charge is -2.11. The summed E-state index contributed by atoms with van der Waals surface area (Å²) in [4.78, 5) is 34.9. The van der Waals surface area contributed by atoms with Crippen molar-refractivity contribution in [1.29, 1.82) is 0 Å². The van der Waals surface area contributed by atoms with Gasteiger partial charge in [0.15, 0.2) is 0 Å². The second-order valence-corrected chi connectivity index (χ2v) is 6.09. The normalized spacial score (nSPS) is 18.4. The van der Waals surface area contributed by atoms with Crippen LogP contribution in [-0.4, -0.2) is 35.5 Å². The minimum Gasteiger partial charge on any atom is -0.481 e. The molecule has 0 unspecified atom stereocenters. The Morgan fingerprint density at radius 2 is 1.59 bits per heavy atom. The van der Waals surface area contributed by atoms with E-state index in [0.717, 1.165) is 12.8 Å². The molecule has 116 valence electrons. The fraction of sp³-hybridized carbons (Fsp3) is 0.438. The van der Waals surface area contributed by atoms with Crippen LogP contribution in [0.3, 0.4) is 0 Å². The van der Waals surface area contributed by atoms with E-state index in [0.29, 0.717) is 30.0 Å². The first-order valence-corrected chi connectivity index (χ1v) is 7.43. The predicted octanol–water partition coefficient (Wildman–Crippen LogP) is 1.17. The average Bonchev–Trinajstić information content (AvgIpc) is 3.40. The Labute approximate surface area is 127 Å². The number of hydrogen-bond acceptors (Lipinski definition) is 3. The lowest BCUT2D eigenvalue weighted by molar-refractivity contribution is -0.143. The van der Waals surface area contributed by atoms with Crippen molar-refractivity contribution in [2.45, 2.75) is 31.7 Å². The van der Waals surface area contributed by atoms with Gasteiger partial charge in [-0.1, -0.05) is 0 Å². The highest BCUT2D eigenvalue weighted by Crippen LogP contribution is 2.45. The number of carboxylic acid groups (broad SMARTS) is 1. The summed E-state index contributed by atoms with van der Waals surface area (Å²) in [6, 6.07) is 6.67. The number of carbonyl (C=O) groups is 3. The monoisotopic (exact) mass is 302 g/mol. The van der Waals surface area contributed by atoms with Gasteiger partial charge < -0.3 is 15.7 Å². The summed E-state index contributed by atoms with van der Waals surface area (Å²) in [6.07, 6.45) is 3.25. The third-order valence-corrected chi connectivity index (χ3v) is 4.22. The zero-order valence-electron chi connectivity index (χ0n) is 12.1. The second-order valence-electron chi connectivity index (χ2n) is 6.09. The van der Waals surface area contributed by atoms with Crippen LogP contribution in [0.5, 0.6) is 0 Å². The topological polar surface area (TPSA) is 95.5 Å². The van der Waals surface area contributed by atoms with Gasteiger partial charge in [-0.3, -0.25) is 14.4 Å². The van der Waals surface area contributed by atoms with Crippen LogP contribution in [-0.2, 0) is 4.79 Å². The first kappa shape index (κ1) is 14.6. The maximum atomic E-state index is 12.0. The predicted molar refractivity (Wildman–Crippen MR) is 78.6 cm³/mol. The largest absolute Gasteiger partial charge is 0.481 e. The van der Waals surface area contributed by atoms with Gasteiger partial charge in [0.25, 0.3) is 11.8 Å². The van der Waals surface area contributed by atoms with Crippen molar-refractivity contribution < 1.29 is 19.5 Å². The Morgan fingerprint density at radius 3 is 2.05 bits per heavy atom. The highest BCUT2D eigenvalue weighted by Gasteiger charge is 2.50. The van der Waals surface area contributed by atoms with Crippen molar-refractivity contribution in [3.05, 3.63) is 35.4 Å². The molecule has 0 bridgehead atoms. The van der Waals surface area contributed by atoms with E-state index in [4.69, 9.17) is 5.11 Å². The molecule has 2 aliphatic carbocycles. The van der Waals surface area contributed by atoms with E-state index in [2.05, 4.69) is 10.6 Å². The van der Waals surface area contributed by atoms with Crippen molar-refractivity contribution in [3.8, 4) is 0 Å². The summed E-state index contributed by atoms with van der Waals surface area (Å²) < 4.78 is 0. The van der Waals surface area contributed by atoms with Gasteiger partial charge in [0.1, 0.15) is 0 Å². The molecule has 22 heavy (non-hydrogen) atoms. The van der Waals surface area contributed by atoms with E-state index in [1.807, 2.05) is 0 Å². The Hall–Kier alpha value is -2.37. The van der Waals surface area contributed by atoms with Crippen LogP contribution in [0.15, 0.2) is 24.3 Å². The quantitative estimate of drug-likeness (QED) is 0.735. The van der Waals surface area contributed by atoms with Crippen molar-refractivity contribution in [3.63, 3.8) is 0 Å². The van der Waals surface area contributed by atoms with Crippen LogP contribution in [0, 0.1) is 5.41 Å². The van der Waals surface area contributed by atoms with Gasteiger partial charge in [-0.2, -0.15) is 0 Å². The molecule has 2 saturated carbocycles. The number of hydrogen-bond donors (Lipinski definition) is 3. The average molecular weight is 302 g/mol. The molecule has 0 spiro atoms. The first-order chi connectivity index (χ1) is 10.5. The van der Waals surface area contributed by atoms with Crippen molar-refractivity contribution in [2.24, 2.45) is 5.41 Å². The number of nitrogens with one attached hydrogen (secondary N) is 2. The molecule has 0 saturated heterocycles. The number of amides is 2. The maximum Gasteiger partial charge on any atom is 0.311 e. The molecule has 1 aromatic carbocycles. The standard InChI is InChI=1S/C16H18N2O4/c19-13(17-9-16(7-8-16)15(21)22)10-1-3-11(4-2-10)14(20)18-12-5-6-12/h1-4,12H,5-9H2,(H,17,19)(H,18,20)(H,21,22). The number of aliphatic carboxylic acids is 1. The van der Waals surface area contributed by atoms with Crippen LogP contribution in [0.4, 0.5) is 0 Å². The molecule has 0 atom stereocenters. The summed E-state index contributed by atoms with van der Waals surface area (Å²) in [5, 5.41) is 14.6. The molecule has 6 heteroatoms. The minimum absolute atomic E-state index is 0.128. The Kier molecular flexibility index (Phi) is 3.60. The summed E-state index contributed by atoms with van der Waals surface area (Å²) in [5.41, 5.74) is 0.163. The molecule has 0 aromatic heterocycles. The Bertz CT molecular complexity index is 616. The van der Waals surface area contributed by atoms with Crippen molar-refractivity contribution >= 4 is 17.8 Å². The summed E-state index contributed by atoms with van der Waals surface area (Å²) in [7, 11) is 0. The second kappa shape index (κ2) is 5.44. The van der Waals surface area contributed by atoms with Gasteiger partial charge in [0.2, 0.25) is 0 Å². The summed E-state index contributed by atoms with van der Waals surface area (Å²) in [6.45, 7) is 0.144.